The summed E-state index contributed by atoms with van der Waals surface area (Å²) < 4.78 is 5.41. The van der Waals surface area contributed by atoms with Crippen molar-refractivity contribution in [1.82, 2.24) is 4.98 Å². The van der Waals surface area contributed by atoms with Gasteiger partial charge in [-0.3, -0.25) is 0 Å². The Balaban J connectivity index is 1.93. The first-order valence-electron chi connectivity index (χ1n) is 7.25. The van der Waals surface area contributed by atoms with Crippen LogP contribution in [-0.2, 0) is 4.79 Å². The SMILES string of the molecule is Cc1ccc2c(Cl)cc(Cl)c(OC(=O)C=Cc3ccccc3)c2n1. The molecular formula is C19H13Cl2NO2. The number of nitrogens with zero attached hydrogens (tertiary/aromatic N) is 1. The largest absolute Gasteiger partial charge is 0.419 e. The lowest BCUT2D eigenvalue weighted by Gasteiger charge is -2.10. The second-order valence-corrected chi connectivity index (χ2v) is 6.00. The number of aromatic nitrogens is 1. The molecule has 3 rings (SSSR count). The number of carbonyl (C=O) groups excluding carboxylic acids is 1. The molecule has 0 fully saturated rings. The van der Waals surface area contributed by atoms with Gasteiger partial charge in [-0.05, 0) is 36.8 Å². The number of fused-ring (bicyclic) bond motifs is 1. The van der Waals surface area contributed by atoms with Gasteiger partial charge in [-0.15, -0.1) is 0 Å². The summed E-state index contributed by atoms with van der Waals surface area (Å²) in [4.78, 5) is 16.5. The quantitative estimate of drug-likeness (QED) is 0.354. The lowest BCUT2D eigenvalue weighted by atomic mass is 10.2. The number of hydrogen-bond donors (Lipinski definition) is 0. The molecule has 1 aromatic heterocycles. The van der Waals surface area contributed by atoms with Gasteiger partial charge in [0.05, 0.1) is 10.0 Å². The number of hydrogen-bond acceptors (Lipinski definition) is 3. The smallest absolute Gasteiger partial charge is 0.336 e. The summed E-state index contributed by atoms with van der Waals surface area (Å²) in [5.41, 5.74) is 2.14. The first-order chi connectivity index (χ1) is 11.5. The standard InChI is InChI=1S/C19H13Cl2NO2/c1-12-7-9-14-15(20)11-16(21)19(18(14)22-12)24-17(23)10-8-13-5-3-2-4-6-13/h2-11H,1H3. The van der Waals surface area contributed by atoms with Crippen LogP contribution >= 0.6 is 23.2 Å². The maximum atomic E-state index is 12.1. The number of halogens is 2. The Morgan fingerprint density at radius 1 is 1.08 bits per heavy atom. The predicted molar refractivity (Wildman–Crippen MR) is 97.6 cm³/mol. The van der Waals surface area contributed by atoms with E-state index in [-0.39, 0.29) is 10.8 Å². The van der Waals surface area contributed by atoms with Crippen molar-refractivity contribution in [3.05, 3.63) is 75.9 Å². The molecule has 0 N–H and O–H groups in total. The van der Waals surface area contributed by atoms with Crippen LogP contribution < -0.4 is 4.74 Å². The molecule has 0 atom stereocenters. The van der Waals surface area contributed by atoms with E-state index in [4.69, 9.17) is 27.9 Å². The molecule has 0 aliphatic rings. The van der Waals surface area contributed by atoms with Crippen LogP contribution in [0.4, 0.5) is 0 Å². The monoisotopic (exact) mass is 357 g/mol. The molecule has 0 bridgehead atoms. The van der Waals surface area contributed by atoms with E-state index >= 15 is 0 Å². The number of rotatable bonds is 3. The number of esters is 1. The molecular weight excluding hydrogens is 345 g/mol. The van der Waals surface area contributed by atoms with Crippen molar-refractivity contribution >= 4 is 46.2 Å². The van der Waals surface area contributed by atoms with E-state index < -0.39 is 5.97 Å². The van der Waals surface area contributed by atoms with Gasteiger partial charge in [0.1, 0.15) is 5.52 Å². The Kier molecular flexibility index (Phi) is 4.84. The predicted octanol–water partition coefficient (Wildman–Crippen LogP) is 5.47. The van der Waals surface area contributed by atoms with Gasteiger partial charge in [-0.25, -0.2) is 9.78 Å². The lowest BCUT2D eigenvalue weighted by Crippen LogP contribution is -2.05. The Bertz CT molecular complexity index is 937. The van der Waals surface area contributed by atoms with Crippen molar-refractivity contribution < 1.29 is 9.53 Å². The number of benzene rings is 2. The third kappa shape index (κ3) is 3.58. The molecule has 0 saturated carbocycles. The zero-order valence-corrected chi connectivity index (χ0v) is 14.3. The minimum atomic E-state index is -0.535. The van der Waals surface area contributed by atoms with E-state index in [1.165, 1.54) is 6.08 Å². The van der Waals surface area contributed by atoms with E-state index in [2.05, 4.69) is 4.98 Å². The van der Waals surface area contributed by atoms with Crippen LogP contribution in [0.25, 0.3) is 17.0 Å². The Hall–Kier alpha value is -2.36. The molecule has 0 amide bonds. The number of pyridine rings is 1. The summed E-state index contributed by atoms with van der Waals surface area (Å²) in [5.74, 6) is -0.324. The molecule has 0 unspecified atom stereocenters. The van der Waals surface area contributed by atoms with Gasteiger partial charge in [-0.2, -0.15) is 0 Å². The van der Waals surface area contributed by atoms with Crippen molar-refractivity contribution in [2.45, 2.75) is 6.92 Å². The molecule has 0 aliphatic heterocycles. The maximum Gasteiger partial charge on any atom is 0.336 e. The van der Waals surface area contributed by atoms with Gasteiger partial charge in [-0.1, -0.05) is 53.5 Å². The van der Waals surface area contributed by atoms with E-state index in [1.54, 1.807) is 12.1 Å². The van der Waals surface area contributed by atoms with Gasteiger partial charge in [0.2, 0.25) is 0 Å². The highest BCUT2D eigenvalue weighted by atomic mass is 35.5. The summed E-state index contributed by atoms with van der Waals surface area (Å²) in [6, 6.07) is 14.7. The van der Waals surface area contributed by atoms with Gasteiger partial charge in [0.15, 0.2) is 5.75 Å². The molecule has 0 spiro atoms. The van der Waals surface area contributed by atoms with Crippen LogP contribution in [0, 0.1) is 6.92 Å². The molecule has 3 aromatic rings. The highest BCUT2D eigenvalue weighted by Gasteiger charge is 2.15. The summed E-state index contributed by atoms with van der Waals surface area (Å²) in [5, 5.41) is 1.38. The Morgan fingerprint density at radius 2 is 1.83 bits per heavy atom. The second-order valence-electron chi connectivity index (χ2n) is 5.18. The zero-order valence-electron chi connectivity index (χ0n) is 12.8. The summed E-state index contributed by atoms with van der Waals surface area (Å²) in [7, 11) is 0. The van der Waals surface area contributed by atoms with Gasteiger partial charge < -0.3 is 4.74 Å². The van der Waals surface area contributed by atoms with Gasteiger partial charge in [0, 0.05) is 17.2 Å². The minimum absolute atomic E-state index is 0.211. The third-order valence-electron chi connectivity index (χ3n) is 3.39. The zero-order chi connectivity index (χ0) is 17.1. The van der Waals surface area contributed by atoms with Gasteiger partial charge in [0.25, 0.3) is 0 Å². The molecule has 2 aromatic carbocycles. The highest BCUT2D eigenvalue weighted by molar-refractivity contribution is 6.39. The van der Waals surface area contributed by atoms with Crippen LogP contribution in [0.2, 0.25) is 10.0 Å². The normalized spacial score (nSPS) is 11.1. The van der Waals surface area contributed by atoms with Crippen LogP contribution in [0.15, 0.2) is 54.6 Å². The van der Waals surface area contributed by atoms with E-state index in [1.807, 2.05) is 49.4 Å². The molecule has 0 radical (unpaired) electrons. The van der Waals surface area contributed by atoms with Crippen LogP contribution in [0.1, 0.15) is 11.3 Å². The molecule has 1 heterocycles. The molecule has 120 valence electrons. The Morgan fingerprint density at radius 3 is 2.58 bits per heavy atom. The minimum Gasteiger partial charge on any atom is -0.419 e. The van der Waals surface area contributed by atoms with E-state index in [0.717, 1.165) is 11.3 Å². The van der Waals surface area contributed by atoms with Crippen molar-refractivity contribution in [2.24, 2.45) is 0 Å². The first-order valence-corrected chi connectivity index (χ1v) is 8.00. The fraction of sp³-hybridized carbons (Fsp3) is 0.0526. The maximum absolute atomic E-state index is 12.1. The fourth-order valence-corrected chi connectivity index (χ4v) is 2.80. The fourth-order valence-electron chi connectivity index (χ4n) is 2.25. The molecule has 0 aliphatic carbocycles. The van der Waals surface area contributed by atoms with Crippen molar-refractivity contribution in [2.75, 3.05) is 0 Å². The average molecular weight is 358 g/mol. The van der Waals surface area contributed by atoms with Crippen LogP contribution in [0.5, 0.6) is 5.75 Å². The summed E-state index contributed by atoms with van der Waals surface area (Å²) in [6.07, 6.45) is 3.02. The number of ether oxygens (including phenoxy) is 1. The Labute approximate surface area is 149 Å². The van der Waals surface area contributed by atoms with E-state index in [0.29, 0.717) is 15.9 Å². The van der Waals surface area contributed by atoms with E-state index in [9.17, 15) is 4.79 Å². The third-order valence-corrected chi connectivity index (χ3v) is 3.98. The molecule has 0 saturated heterocycles. The number of carbonyl (C=O) groups is 1. The first kappa shape index (κ1) is 16.5. The lowest BCUT2D eigenvalue weighted by molar-refractivity contribution is -0.128. The topological polar surface area (TPSA) is 39.2 Å². The molecule has 3 nitrogen and oxygen atoms in total. The van der Waals surface area contributed by atoms with Crippen molar-refractivity contribution in [3.8, 4) is 5.75 Å². The highest BCUT2D eigenvalue weighted by Crippen LogP contribution is 2.37. The summed E-state index contributed by atoms with van der Waals surface area (Å²) in [6.45, 7) is 1.84. The molecule has 5 heteroatoms. The van der Waals surface area contributed by atoms with Crippen LogP contribution in [0.3, 0.4) is 0 Å². The van der Waals surface area contributed by atoms with Crippen LogP contribution in [-0.4, -0.2) is 11.0 Å². The summed E-state index contributed by atoms with van der Waals surface area (Å²) >= 11 is 12.4. The molecule has 24 heavy (non-hydrogen) atoms. The van der Waals surface area contributed by atoms with Gasteiger partial charge >= 0.3 is 5.97 Å². The average Bonchev–Trinajstić information content (AvgIpc) is 2.57. The second kappa shape index (κ2) is 7.04. The van der Waals surface area contributed by atoms with Crippen molar-refractivity contribution in [3.63, 3.8) is 0 Å². The van der Waals surface area contributed by atoms with Crippen molar-refractivity contribution in [1.29, 1.82) is 0 Å². The number of aryl methyl sites for hydroxylation is 1.